The lowest BCUT2D eigenvalue weighted by Gasteiger charge is -2.37. The van der Waals surface area contributed by atoms with Crippen molar-refractivity contribution in [3.63, 3.8) is 0 Å². The first-order chi connectivity index (χ1) is 9.72. The van der Waals surface area contributed by atoms with E-state index in [2.05, 4.69) is 44.6 Å². The fraction of sp³-hybridized carbons (Fsp3) is 0.600. The number of halogens is 1. The van der Waals surface area contributed by atoms with E-state index >= 15 is 0 Å². The summed E-state index contributed by atoms with van der Waals surface area (Å²) in [7, 11) is 0. The van der Waals surface area contributed by atoms with E-state index in [4.69, 9.17) is 0 Å². The molecule has 1 saturated heterocycles. The molecule has 0 aliphatic carbocycles. The first-order valence-corrected chi connectivity index (χ1v) is 9.19. The molecular weight excluding hydrogens is 334 g/mol. The van der Waals surface area contributed by atoms with E-state index in [1.807, 2.05) is 0 Å². The molecule has 1 atom stereocenters. The molecule has 1 unspecified atom stereocenters. The minimum Gasteiger partial charge on any atom is -0.353 e. The third-order valence-electron chi connectivity index (χ3n) is 4.29. The predicted octanol–water partition coefficient (Wildman–Crippen LogP) is 4.45. The van der Waals surface area contributed by atoms with Crippen molar-refractivity contribution in [2.45, 2.75) is 45.6 Å². The number of rotatable bonds is 3. The smallest absolute Gasteiger partial charge is 0.141 e. The molecule has 0 spiro atoms. The highest BCUT2D eigenvalue weighted by molar-refractivity contribution is 9.09. The molecule has 0 amide bonds. The van der Waals surface area contributed by atoms with Crippen molar-refractivity contribution in [2.24, 2.45) is 0 Å². The van der Waals surface area contributed by atoms with E-state index in [9.17, 15) is 0 Å². The second-order valence-electron chi connectivity index (χ2n) is 5.48. The van der Waals surface area contributed by atoms with Crippen LogP contribution in [0, 0.1) is 13.8 Å². The summed E-state index contributed by atoms with van der Waals surface area (Å²) in [6, 6.07) is 0.612. The largest absolute Gasteiger partial charge is 0.353 e. The molecule has 1 fully saturated rings. The Morgan fingerprint density at radius 2 is 2.20 bits per heavy atom. The molecule has 0 bridgehead atoms. The number of hydrogen-bond acceptors (Lipinski definition) is 4. The van der Waals surface area contributed by atoms with Crippen LogP contribution in [0.25, 0.3) is 10.2 Å². The zero-order chi connectivity index (χ0) is 14.1. The molecule has 0 N–H and O–H groups in total. The first-order valence-electron chi connectivity index (χ1n) is 7.25. The molecule has 2 aromatic heterocycles. The van der Waals surface area contributed by atoms with Gasteiger partial charge in [0.15, 0.2) is 0 Å². The minimum absolute atomic E-state index is 0.612. The van der Waals surface area contributed by atoms with Gasteiger partial charge in [0.25, 0.3) is 0 Å². The normalized spacial score (nSPS) is 19.8. The van der Waals surface area contributed by atoms with Gasteiger partial charge in [-0.25, -0.2) is 9.97 Å². The summed E-state index contributed by atoms with van der Waals surface area (Å²) in [5, 5.41) is 2.33. The number of anilines is 1. The second-order valence-corrected chi connectivity index (χ2v) is 7.48. The van der Waals surface area contributed by atoms with E-state index in [0.717, 1.165) is 22.5 Å². The molecule has 3 nitrogen and oxygen atoms in total. The number of nitrogens with zero attached hydrogens (tertiary/aromatic N) is 3. The Balaban J connectivity index is 2.08. The highest BCUT2D eigenvalue weighted by Gasteiger charge is 2.26. The average Bonchev–Trinajstić information content (AvgIpc) is 2.75. The van der Waals surface area contributed by atoms with Crippen LogP contribution in [-0.4, -0.2) is 27.9 Å². The number of aromatic nitrogens is 2. The summed E-state index contributed by atoms with van der Waals surface area (Å²) in [6.07, 6.45) is 6.80. The topological polar surface area (TPSA) is 29.0 Å². The van der Waals surface area contributed by atoms with Crippen molar-refractivity contribution in [2.75, 3.05) is 16.8 Å². The third-order valence-corrected chi connectivity index (χ3v) is 5.86. The first kappa shape index (κ1) is 14.3. The Bertz CT molecular complexity index is 608. The maximum absolute atomic E-state index is 4.64. The number of fused-ring (bicyclic) bond motifs is 1. The summed E-state index contributed by atoms with van der Waals surface area (Å²) in [4.78, 5) is 14.1. The van der Waals surface area contributed by atoms with Crippen LogP contribution >= 0.6 is 27.3 Å². The Morgan fingerprint density at radius 3 is 3.00 bits per heavy atom. The van der Waals surface area contributed by atoms with Gasteiger partial charge < -0.3 is 4.90 Å². The van der Waals surface area contributed by atoms with Crippen molar-refractivity contribution in [1.29, 1.82) is 0 Å². The van der Waals surface area contributed by atoms with Gasteiger partial charge in [-0.2, -0.15) is 0 Å². The standard InChI is InChI=1S/C15H20BrN3S/c1-10-11(2)20-15-13(10)14(17-9-18-15)19-8-4-3-5-12(19)6-7-16/h9,12H,3-8H2,1-2H3. The average molecular weight is 354 g/mol. The zero-order valence-electron chi connectivity index (χ0n) is 12.0. The maximum Gasteiger partial charge on any atom is 0.141 e. The Kier molecular flexibility index (Phi) is 4.26. The van der Waals surface area contributed by atoms with Crippen LogP contribution in [0.5, 0.6) is 0 Å². The molecule has 20 heavy (non-hydrogen) atoms. The van der Waals surface area contributed by atoms with E-state index < -0.39 is 0 Å². The molecule has 0 radical (unpaired) electrons. The number of hydrogen-bond donors (Lipinski definition) is 0. The van der Waals surface area contributed by atoms with Gasteiger partial charge in [-0.1, -0.05) is 15.9 Å². The summed E-state index contributed by atoms with van der Waals surface area (Å²) in [5.74, 6) is 1.16. The molecule has 3 heterocycles. The Labute approximate surface area is 132 Å². The fourth-order valence-electron chi connectivity index (χ4n) is 3.09. The van der Waals surface area contributed by atoms with Gasteiger partial charge in [-0.15, -0.1) is 11.3 Å². The highest BCUT2D eigenvalue weighted by Crippen LogP contribution is 2.36. The summed E-state index contributed by atoms with van der Waals surface area (Å²) in [6.45, 7) is 5.50. The summed E-state index contributed by atoms with van der Waals surface area (Å²) < 4.78 is 0. The third kappa shape index (κ3) is 2.46. The SMILES string of the molecule is Cc1sc2ncnc(N3CCCCC3CCBr)c2c1C. The lowest BCUT2D eigenvalue weighted by atomic mass is 9.99. The number of aryl methyl sites for hydroxylation is 2. The van der Waals surface area contributed by atoms with Crippen molar-refractivity contribution in [1.82, 2.24) is 9.97 Å². The molecular formula is C15H20BrN3S. The van der Waals surface area contributed by atoms with Crippen LogP contribution in [0.15, 0.2) is 6.33 Å². The quantitative estimate of drug-likeness (QED) is 0.763. The molecule has 0 aromatic carbocycles. The molecule has 3 rings (SSSR count). The highest BCUT2D eigenvalue weighted by atomic mass is 79.9. The summed E-state index contributed by atoms with van der Waals surface area (Å²) >= 11 is 5.38. The van der Waals surface area contributed by atoms with Crippen LogP contribution in [0.1, 0.15) is 36.1 Å². The van der Waals surface area contributed by atoms with E-state index in [1.54, 1.807) is 17.7 Å². The van der Waals surface area contributed by atoms with Gasteiger partial charge in [0.05, 0.1) is 5.39 Å². The van der Waals surface area contributed by atoms with Crippen molar-refractivity contribution in [3.05, 3.63) is 16.8 Å². The molecule has 1 aliphatic rings. The van der Waals surface area contributed by atoms with Gasteiger partial charge in [0.2, 0.25) is 0 Å². The number of thiophene rings is 1. The predicted molar refractivity (Wildman–Crippen MR) is 90.3 cm³/mol. The zero-order valence-corrected chi connectivity index (χ0v) is 14.4. The van der Waals surface area contributed by atoms with E-state index in [-0.39, 0.29) is 0 Å². The van der Waals surface area contributed by atoms with Gasteiger partial charge in [-0.3, -0.25) is 0 Å². The lowest BCUT2D eigenvalue weighted by molar-refractivity contribution is 0.450. The van der Waals surface area contributed by atoms with Gasteiger partial charge >= 0.3 is 0 Å². The van der Waals surface area contributed by atoms with Crippen LogP contribution in [0.3, 0.4) is 0 Å². The maximum atomic E-state index is 4.64. The molecule has 0 saturated carbocycles. The fourth-order valence-corrected chi connectivity index (χ4v) is 4.61. The lowest BCUT2D eigenvalue weighted by Crippen LogP contribution is -2.40. The summed E-state index contributed by atoms with van der Waals surface area (Å²) in [5.41, 5.74) is 1.35. The van der Waals surface area contributed by atoms with Gasteiger partial charge in [0, 0.05) is 22.8 Å². The van der Waals surface area contributed by atoms with Crippen molar-refractivity contribution in [3.8, 4) is 0 Å². The van der Waals surface area contributed by atoms with E-state index in [1.165, 1.54) is 41.5 Å². The van der Waals surface area contributed by atoms with Crippen LogP contribution in [0.2, 0.25) is 0 Å². The Morgan fingerprint density at radius 1 is 1.35 bits per heavy atom. The molecule has 1 aliphatic heterocycles. The minimum atomic E-state index is 0.612. The van der Waals surface area contributed by atoms with Crippen LogP contribution < -0.4 is 4.90 Å². The Hall–Kier alpha value is -0.680. The van der Waals surface area contributed by atoms with Gasteiger partial charge in [-0.05, 0) is 45.1 Å². The number of alkyl halides is 1. The van der Waals surface area contributed by atoms with Crippen molar-refractivity contribution < 1.29 is 0 Å². The molecule has 108 valence electrons. The number of piperidine rings is 1. The van der Waals surface area contributed by atoms with Gasteiger partial charge in [0.1, 0.15) is 17.0 Å². The molecule has 2 aromatic rings. The monoisotopic (exact) mass is 353 g/mol. The molecule has 5 heteroatoms. The second kappa shape index (κ2) is 5.98. The van der Waals surface area contributed by atoms with Crippen LogP contribution in [0.4, 0.5) is 5.82 Å². The van der Waals surface area contributed by atoms with Crippen molar-refractivity contribution >= 4 is 43.3 Å². The van der Waals surface area contributed by atoms with Crippen LogP contribution in [-0.2, 0) is 0 Å². The van der Waals surface area contributed by atoms with E-state index in [0.29, 0.717) is 6.04 Å².